The monoisotopic (exact) mass is 1500 g/mol. The summed E-state index contributed by atoms with van der Waals surface area (Å²) in [5, 5.41) is 9.96. The van der Waals surface area contributed by atoms with Crippen LogP contribution in [0, 0.1) is 0 Å². The average Bonchev–Trinajstić information content (AvgIpc) is 1.59. The lowest BCUT2D eigenvalue weighted by atomic mass is 9.94. The van der Waals surface area contributed by atoms with E-state index in [1.54, 1.807) is 0 Å². The fourth-order valence-corrected chi connectivity index (χ4v) is 18.3. The van der Waals surface area contributed by atoms with Gasteiger partial charge in [0.15, 0.2) is 0 Å². The van der Waals surface area contributed by atoms with Crippen LogP contribution in [0.15, 0.2) is 461 Å². The van der Waals surface area contributed by atoms with Crippen molar-refractivity contribution in [3.8, 4) is 123 Å². The molecule has 0 saturated heterocycles. The van der Waals surface area contributed by atoms with E-state index in [1.165, 1.54) is 199 Å². The molecular weight excluding hydrogens is 1430 g/mol. The Kier molecular flexibility index (Phi) is 17.2. The third-order valence-electron chi connectivity index (χ3n) is 23.9. The van der Waals surface area contributed by atoms with Crippen LogP contribution < -0.4 is 0 Å². The highest BCUT2D eigenvalue weighted by Crippen LogP contribution is 2.45. The number of para-hydroxylation sites is 6. The number of hydrogen-bond donors (Lipinski definition) is 0. The summed E-state index contributed by atoms with van der Waals surface area (Å²) in [7, 11) is 0. The van der Waals surface area contributed by atoms with E-state index >= 15 is 0 Å². The summed E-state index contributed by atoms with van der Waals surface area (Å²) in [6.45, 7) is 0. The third-order valence-corrected chi connectivity index (χ3v) is 23.9. The van der Waals surface area contributed by atoms with E-state index in [9.17, 15) is 0 Å². The van der Waals surface area contributed by atoms with Gasteiger partial charge in [-0.2, -0.15) is 0 Å². The van der Waals surface area contributed by atoms with Crippen LogP contribution in [0.2, 0.25) is 0 Å². The smallest absolute Gasteiger partial charge is 0.0541 e. The molecule has 118 heavy (non-hydrogen) atoms. The van der Waals surface area contributed by atoms with Crippen LogP contribution >= 0.6 is 0 Å². The van der Waals surface area contributed by atoms with Crippen LogP contribution in [-0.2, 0) is 0 Å². The number of hydrogen-bond acceptors (Lipinski definition) is 0. The zero-order chi connectivity index (χ0) is 78.0. The molecule has 0 unspecified atom stereocenters. The minimum Gasteiger partial charge on any atom is -0.309 e. The number of rotatable bonds is 13. The lowest BCUT2D eigenvalue weighted by Crippen LogP contribution is -1.97. The number of aromatic nitrogens is 4. The van der Waals surface area contributed by atoms with Crippen molar-refractivity contribution in [1.29, 1.82) is 0 Å². The third kappa shape index (κ3) is 12.2. The van der Waals surface area contributed by atoms with Crippen molar-refractivity contribution in [2.45, 2.75) is 0 Å². The van der Waals surface area contributed by atoms with Gasteiger partial charge in [-0.05, 0) is 198 Å². The lowest BCUT2D eigenvalue weighted by molar-refractivity contribution is 1.18. The normalized spacial score (nSPS) is 11.6. The first-order valence-corrected chi connectivity index (χ1v) is 40.6. The molecule has 0 radical (unpaired) electrons. The maximum Gasteiger partial charge on any atom is 0.0541 e. The maximum absolute atomic E-state index is 2.43. The second-order valence-electron chi connectivity index (χ2n) is 30.6. The van der Waals surface area contributed by atoms with Crippen molar-refractivity contribution in [2.24, 2.45) is 0 Å². The summed E-state index contributed by atoms with van der Waals surface area (Å²) in [5.41, 5.74) is 36.1. The molecule has 4 aromatic heterocycles. The SMILES string of the molecule is c1ccc(-c2ccc(-c3ccc(-c4ccc(-n5c6ccccc6c6cc(-c7ccc8c(c7)c7ccccc7n8-c7ccccc7-c7ccccc7)ccc65)cc4)cc3)cc2)cc1.c1ccc(-c2ccc(-n3c4ccccc4c4cc(-c5ccc6c(c5)c5ccccc5n6-c5ccccc5-c5ccccc5)ccc43)cc2-c2ccccc2)cc1. The Morgan fingerprint density at radius 1 is 0.110 bits per heavy atom. The fraction of sp³-hybridized carbons (Fsp3) is 0. The van der Waals surface area contributed by atoms with Crippen LogP contribution in [0.5, 0.6) is 0 Å². The van der Waals surface area contributed by atoms with Crippen molar-refractivity contribution < 1.29 is 0 Å². The molecule has 4 heterocycles. The van der Waals surface area contributed by atoms with Crippen LogP contribution in [0.4, 0.5) is 0 Å². The van der Waals surface area contributed by atoms with Gasteiger partial charge in [-0.25, -0.2) is 0 Å². The molecule has 4 nitrogen and oxygen atoms in total. The summed E-state index contributed by atoms with van der Waals surface area (Å²) in [5.74, 6) is 0. The standard InChI is InChI=1S/C60H40N2.C54H36N2/c1-3-13-41(14-4-1)42-23-25-43(26-24-42)44-27-29-45(30-28-44)46-31-35-50(36-32-46)61-57-21-11-8-18-52(57)54-39-48(33-37-59(54)61)49-34-38-60-55(40-49)53-19-9-12-22-58(53)62(60)56-20-10-7-17-51(56)47-15-5-2-6-16-47;1-4-16-37(17-5-1)43-31-30-42(36-47(43)39-20-8-3-9-21-39)55-51-26-14-11-23-45(51)48-34-40(28-32-53(48)55)41-29-33-54-49(35-41)46-24-12-15-27-52(46)56(54)50-25-13-10-22-44(50)38-18-6-2-7-19-38/h1-40H;1-36H. The molecule has 0 aliphatic carbocycles. The van der Waals surface area contributed by atoms with Crippen molar-refractivity contribution in [3.05, 3.63) is 461 Å². The second-order valence-corrected chi connectivity index (χ2v) is 30.6. The molecule has 0 aliphatic rings. The zero-order valence-corrected chi connectivity index (χ0v) is 64.7. The van der Waals surface area contributed by atoms with E-state index in [0.717, 1.165) is 11.4 Å². The van der Waals surface area contributed by atoms with Gasteiger partial charge in [-0.1, -0.05) is 352 Å². The molecule has 0 atom stereocenters. The predicted octanol–water partition coefficient (Wildman–Crippen LogP) is 30.8. The largest absolute Gasteiger partial charge is 0.309 e. The minimum atomic E-state index is 1.15. The van der Waals surface area contributed by atoms with E-state index in [4.69, 9.17) is 0 Å². The van der Waals surface area contributed by atoms with Crippen molar-refractivity contribution >= 4 is 87.2 Å². The van der Waals surface area contributed by atoms with Gasteiger partial charge in [-0.15, -0.1) is 0 Å². The van der Waals surface area contributed by atoms with E-state index in [1.807, 2.05) is 0 Å². The highest BCUT2D eigenvalue weighted by Gasteiger charge is 2.23. The Bertz CT molecular complexity index is 7720. The van der Waals surface area contributed by atoms with Gasteiger partial charge in [0.05, 0.1) is 55.5 Å². The molecule has 0 spiro atoms. The molecule has 0 amide bonds. The highest BCUT2D eigenvalue weighted by atomic mass is 15.0. The molecule has 23 rings (SSSR count). The highest BCUT2D eigenvalue weighted by molar-refractivity contribution is 6.15. The summed E-state index contributed by atoms with van der Waals surface area (Å²) in [6.07, 6.45) is 0. The van der Waals surface area contributed by atoms with Gasteiger partial charge >= 0.3 is 0 Å². The number of nitrogens with zero attached hydrogens (tertiary/aromatic N) is 4. The van der Waals surface area contributed by atoms with Crippen molar-refractivity contribution in [2.75, 3.05) is 0 Å². The quantitative estimate of drug-likeness (QED) is 0.110. The zero-order valence-electron chi connectivity index (χ0n) is 64.7. The molecule has 23 aromatic rings. The Labute approximate surface area is 684 Å². The average molecular weight is 1500 g/mol. The van der Waals surface area contributed by atoms with Crippen LogP contribution in [0.25, 0.3) is 210 Å². The van der Waals surface area contributed by atoms with Gasteiger partial charge in [0.2, 0.25) is 0 Å². The van der Waals surface area contributed by atoms with E-state index in [-0.39, 0.29) is 0 Å². The van der Waals surface area contributed by atoms with E-state index in [0.29, 0.717) is 0 Å². The van der Waals surface area contributed by atoms with Gasteiger partial charge in [0.1, 0.15) is 0 Å². The summed E-state index contributed by atoms with van der Waals surface area (Å²) in [6, 6.07) is 168. The topological polar surface area (TPSA) is 19.7 Å². The lowest BCUT2D eigenvalue weighted by Gasteiger charge is -2.15. The maximum atomic E-state index is 2.43. The number of fused-ring (bicyclic) bond motifs is 12. The van der Waals surface area contributed by atoms with Crippen molar-refractivity contribution in [3.63, 3.8) is 0 Å². The fourth-order valence-electron chi connectivity index (χ4n) is 18.3. The van der Waals surface area contributed by atoms with Gasteiger partial charge in [-0.3, -0.25) is 0 Å². The van der Waals surface area contributed by atoms with E-state index < -0.39 is 0 Å². The van der Waals surface area contributed by atoms with Gasteiger partial charge in [0.25, 0.3) is 0 Å². The first-order chi connectivity index (χ1) is 58.5. The Morgan fingerprint density at radius 3 is 0.695 bits per heavy atom. The molecule has 19 aromatic carbocycles. The first kappa shape index (κ1) is 69.1. The molecular formula is C114H76N4. The minimum absolute atomic E-state index is 1.15. The number of benzene rings is 19. The molecule has 552 valence electrons. The predicted molar refractivity (Wildman–Crippen MR) is 499 cm³/mol. The summed E-state index contributed by atoms with van der Waals surface area (Å²) >= 11 is 0. The summed E-state index contributed by atoms with van der Waals surface area (Å²) in [4.78, 5) is 0. The molecule has 0 aliphatic heterocycles. The Balaban J connectivity index is 0.000000143. The van der Waals surface area contributed by atoms with Gasteiger partial charge < -0.3 is 18.3 Å². The molecule has 0 N–H and O–H groups in total. The van der Waals surface area contributed by atoms with Crippen LogP contribution in [0.1, 0.15) is 0 Å². The Morgan fingerprint density at radius 2 is 0.339 bits per heavy atom. The molecule has 0 bridgehead atoms. The Hall–Kier alpha value is -15.6. The first-order valence-electron chi connectivity index (χ1n) is 40.6. The molecule has 4 heteroatoms. The molecule has 0 saturated carbocycles. The van der Waals surface area contributed by atoms with Crippen molar-refractivity contribution in [1.82, 2.24) is 18.3 Å². The summed E-state index contributed by atoms with van der Waals surface area (Å²) < 4.78 is 9.69. The second kappa shape index (κ2) is 29.4. The van der Waals surface area contributed by atoms with Crippen LogP contribution in [-0.4, -0.2) is 18.3 Å². The van der Waals surface area contributed by atoms with E-state index in [2.05, 4.69) is 479 Å². The molecule has 0 fully saturated rings. The van der Waals surface area contributed by atoms with Gasteiger partial charge in [0, 0.05) is 65.6 Å². The van der Waals surface area contributed by atoms with Crippen LogP contribution in [0.3, 0.4) is 0 Å².